The minimum absolute atomic E-state index is 0.204. The molecule has 0 spiro atoms. The van der Waals surface area contributed by atoms with E-state index < -0.39 is 0 Å². The maximum atomic E-state index is 5.98. The van der Waals surface area contributed by atoms with E-state index in [2.05, 4.69) is 34.6 Å². The Labute approximate surface area is 144 Å². The fraction of sp³-hybridized carbons (Fsp3) is 0.167. The average Bonchev–Trinajstić information content (AvgIpc) is 3.01. The third-order valence-corrected chi connectivity index (χ3v) is 4.81. The van der Waals surface area contributed by atoms with Crippen molar-refractivity contribution >= 4 is 28.1 Å². The van der Waals surface area contributed by atoms with Gasteiger partial charge in [0, 0.05) is 10.4 Å². The van der Waals surface area contributed by atoms with E-state index in [1.165, 1.54) is 22.5 Å². The fourth-order valence-electron chi connectivity index (χ4n) is 2.60. The van der Waals surface area contributed by atoms with Crippen molar-refractivity contribution in [1.82, 2.24) is 0 Å². The zero-order valence-corrected chi connectivity index (χ0v) is 14.3. The van der Waals surface area contributed by atoms with Gasteiger partial charge in [0.1, 0.15) is 11.4 Å². The summed E-state index contributed by atoms with van der Waals surface area (Å²) in [4.78, 5) is 3.27. The number of methoxy groups -OCH3 is 1. The second kappa shape index (κ2) is 7.02. The first-order valence-corrected chi connectivity index (χ1v) is 8.56. The molecule has 3 rings (SSSR count). The Morgan fingerprint density at radius 2 is 1.83 bits per heavy atom. The van der Waals surface area contributed by atoms with Gasteiger partial charge in [0.15, 0.2) is 0 Å². The molecule has 1 heterocycles. The monoisotopic (exact) mass is 345 g/mol. The number of ether oxygens (including phenoxy) is 1. The standard InChI is InChI=1S/C18H17ClN2OS/c1-22-15-8-4-13(5-9-15)16(17-11-23-18(20)21-17)10-12-2-6-14(19)7-3-12/h2-9,11,16H,10H2,1H3,(H2,20,21)/p+1. The van der Waals surface area contributed by atoms with Gasteiger partial charge in [0.25, 0.3) is 0 Å². The summed E-state index contributed by atoms with van der Waals surface area (Å²) in [6, 6.07) is 16.1. The molecule has 0 aliphatic heterocycles. The summed E-state index contributed by atoms with van der Waals surface area (Å²) in [6.45, 7) is 0. The van der Waals surface area contributed by atoms with Crippen LogP contribution in [0.3, 0.4) is 0 Å². The van der Waals surface area contributed by atoms with Crippen LogP contribution >= 0.6 is 22.9 Å². The molecule has 3 N–H and O–H groups in total. The summed E-state index contributed by atoms with van der Waals surface area (Å²) in [6.07, 6.45) is 0.871. The van der Waals surface area contributed by atoms with Crippen molar-refractivity contribution in [3.05, 3.63) is 75.8 Å². The average molecular weight is 346 g/mol. The number of aromatic nitrogens is 1. The molecule has 5 heteroatoms. The molecule has 0 aliphatic rings. The number of H-pyrrole nitrogens is 1. The molecule has 3 aromatic rings. The summed E-state index contributed by atoms with van der Waals surface area (Å²) in [7, 11) is 1.67. The first kappa shape index (κ1) is 15.8. The summed E-state index contributed by atoms with van der Waals surface area (Å²) >= 11 is 7.51. The maximum Gasteiger partial charge on any atom is 0.329 e. The number of benzene rings is 2. The predicted molar refractivity (Wildman–Crippen MR) is 95.3 cm³/mol. The van der Waals surface area contributed by atoms with Crippen LogP contribution in [0.15, 0.2) is 53.9 Å². The highest BCUT2D eigenvalue weighted by atomic mass is 35.5. The molecule has 0 radical (unpaired) electrons. The second-order valence-corrected chi connectivity index (χ2v) is 6.68. The molecular formula is C18H18ClN2OS+. The quantitative estimate of drug-likeness (QED) is 0.754. The van der Waals surface area contributed by atoms with Crippen molar-refractivity contribution in [3.63, 3.8) is 0 Å². The molecule has 2 aromatic carbocycles. The van der Waals surface area contributed by atoms with Gasteiger partial charge in [-0.25, -0.2) is 4.98 Å². The first-order chi connectivity index (χ1) is 11.2. The van der Waals surface area contributed by atoms with E-state index in [1.807, 2.05) is 24.3 Å². The molecule has 1 aromatic heterocycles. The van der Waals surface area contributed by atoms with E-state index in [4.69, 9.17) is 22.1 Å². The van der Waals surface area contributed by atoms with Gasteiger partial charge in [-0.2, -0.15) is 0 Å². The van der Waals surface area contributed by atoms with E-state index in [0.717, 1.165) is 28.0 Å². The lowest BCUT2D eigenvalue weighted by atomic mass is 9.90. The zero-order chi connectivity index (χ0) is 16.2. The van der Waals surface area contributed by atoms with Crippen LogP contribution in [-0.4, -0.2) is 7.11 Å². The molecular weight excluding hydrogens is 328 g/mol. The highest BCUT2D eigenvalue weighted by Gasteiger charge is 2.20. The second-order valence-electron chi connectivity index (χ2n) is 5.34. The molecule has 0 aliphatic carbocycles. The Morgan fingerprint density at radius 1 is 1.13 bits per heavy atom. The van der Waals surface area contributed by atoms with Crippen LogP contribution in [-0.2, 0) is 6.42 Å². The molecule has 118 valence electrons. The molecule has 1 atom stereocenters. The number of nitrogens with two attached hydrogens (primary N) is 1. The fourth-order valence-corrected chi connectivity index (χ4v) is 3.38. The molecule has 3 nitrogen and oxygen atoms in total. The Balaban J connectivity index is 1.94. The summed E-state index contributed by atoms with van der Waals surface area (Å²) in [5.74, 6) is 1.06. The smallest absolute Gasteiger partial charge is 0.329 e. The number of halogens is 1. The van der Waals surface area contributed by atoms with Crippen molar-refractivity contribution < 1.29 is 9.72 Å². The summed E-state index contributed by atoms with van der Waals surface area (Å²) in [5.41, 5.74) is 9.44. The van der Waals surface area contributed by atoms with Crippen molar-refractivity contribution in [3.8, 4) is 5.75 Å². The van der Waals surface area contributed by atoms with Crippen molar-refractivity contribution in [2.24, 2.45) is 0 Å². The number of nitrogens with one attached hydrogen (secondary N) is 1. The van der Waals surface area contributed by atoms with Crippen molar-refractivity contribution in [2.75, 3.05) is 12.8 Å². The Morgan fingerprint density at radius 3 is 2.39 bits per heavy atom. The summed E-state index contributed by atoms with van der Waals surface area (Å²) in [5, 5.41) is 3.55. The molecule has 0 saturated carbocycles. The van der Waals surface area contributed by atoms with Crippen LogP contribution in [0.4, 0.5) is 5.13 Å². The Hall–Kier alpha value is -2.04. The SMILES string of the molecule is COc1ccc(C(Cc2ccc(Cl)cc2)c2csc(N)[nH+]2)cc1. The minimum atomic E-state index is 0.204. The third-order valence-electron chi connectivity index (χ3n) is 3.83. The van der Waals surface area contributed by atoms with Crippen LogP contribution in [0.25, 0.3) is 0 Å². The molecule has 0 amide bonds. The first-order valence-electron chi connectivity index (χ1n) is 7.30. The number of thiazole rings is 1. The van der Waals surface area contributed by atoms with Crippen LogP contribution < -0.4 is 15.5 Å². The van der Waals surface area contributed by atoms with E-state index >= 15 is 0 Å². The third kappa shape index (κ3) is 3.84. The normalized spacial score (nSPS) is 12.1. The highest BCUT2D eigenvalue weighted by Crippen LogP contribution is 2.29. The molecule has 23 heavy (non-hydrogen) atoms. The molecule has 1 unspecified atom stereocenters. The highest BCUT2D eigenvalue weighted by molar-refractivity contribution is 7.13. The van der Waals surface area contributed by atoms with E-state index in [9.17, 15) is 0 Å². The lowest BCUT2D eigenvalue weighted by molar-refractivity contribution is -0.368. The van der Waals surface area contributed by atoms with Crippen LogP contribution in [0.1, 0.15) is 22.7 Å². The van der Waals surface area contributed by atoms with Gasteiger partial charge in [-0.05, 0) is 41.8 Å². The topological polar surface area (TPSA) is 49.4 Å². The lowest BCUT2D eigenvalue weighted by Crippen LogP contribution is -2.17. The largest absolute Gasteiger partial charge is 0.497 e. The number of aromatic amines is 1. The van der Waals surface area contributed by atoms with Crippen LogP contribution in [0.2, 0.25) is 5.02 Å². The van der Waals surface area contributed by atoms with Crippen LogP contribution in [0.5, 0.6) is 5.75 Å². The number of anilines is 1. The zero-order valence-electron chi connectivity index (χ0n) is 12.8. The van der Waals surface area contributed by atoms with Gasteiger partial charge in [-0.15, -0.1) is 0 Å². The van der Waals surface area contributed by atoms with E-state index in [1.54, 1.807) is 7.11 Å². The van der Waals surface area contributed by atoms with Crippen molar-refractivity contribution in [2.45, 2.75) is 12.3 Å². The minimum Gasteiger partial charge on any atom is -0.497 e. The maximum absolute atomic E-state index is 5.98. The Bertz CT molecular complexity index is 768. The Kier molecular flexibility index (Phi) is 4.84. The van der Waals surface area contributed by atoms with Gasteiger partial charge in [0.2, 0.25) is 0 Å². The molecule has 0 fully saturated rings. The number of rotatable bonds is 5. The predicted octanol–water partition coefficient (Wildman–Crippen LogP) is 4.18. The molecule has 0 bridgehead atoms. The van der Waals surface area contributed by atoms with Crippen LogP contribution in [0, 0.1) is 0 Å². The van der Waals surface area contributed by atoms with E-state index in [0.29, 0.717) is 0 Å². The number of hydrogen-bond acceptors (Lipinski definition) is 3. The van der Waals surface area contributed by atoms with Gasteiger partial charge in [0.05, 0.1) is 13.0 Å². The lowest BCUT2D eigenvalue weighted by Gasteiger charge is -2.15. The number of hydrogen-bond donors (Lipinski definition) is 1. The molecule has 0 saturated heterocycles. The summed E-state index contributed by atoms with van der Waals surface area (Å²) < 4.78 is 5.25. The van der Waals surface area contributed by atoms with E-state index in [-0.39, 0.29) is 5.92 Å². The van der Waals surface area contributed by atoms with Gasteiger partial charge in [-0.1, -0.05) is 47.2 Å². The number of nitrogen functional groups attached to an aromatic ring is 1. The van der Waals surface area contributed by atoms with Gasteiger partial charge < -0.3 is 4.74 Å². The van der Waals surface area contributed by atoms with Gasteiger partial charge in [-0.3, -0.25) is 5.73 Å². The van der Waals surface area contributed by atoms with Gasteiger partial charge >= 0.3 is 5.13 Å². The van der Waals surface area contributed by atoms with Crippen molar-refractivity contribution in [1.29, 1.82) is 0 Å².